The average Bonchev–Trinajstić information content (AvgIpc) is 2.79. The lowest BCUT2D eigenvalue weighted by atomic mass is 10.0. The average molecular weight is 447 g/mol. The largest absolute Gasteiger partial charge is 0.493 e. The normalized spacial score (nSPS) is 14.1. The Morgan fingerprint density at radius 1 is 1.13 bits per heavy atom. The molecule has 8 heteroatoms. The van der Waals surface area contributed by atoms with Gasteiger partial charge < -0.3 is 24.4 Å². The molecule has 0 bridgehead atoms. The fourth-order valence-electron chi connectivity index (χ4n) is 3.39. The van der Waals surface area contributed by atoms with Crippen LogP contribution in [0.15, 0.2) is 42.5 Å². The Hall–Kier alpha value is -2.93. The third-order valence-electron chi connectivity index (χ3n) is 5.12. The summed E-state index contributed by atoms with van der Waals surface area (Å²) in [7, 11) is 1.53. The summed E-state index contributed by atoms with van der Waals surface area (Å²) in [6, 6.07) is 12.5. The van der Waals surface area contributed by atoms with Crippen molar-refractivity contribution in [1.82, 2.24) is 10.2 Å². The highest BCUT2D eigenvalue weighted by atomic mass is 35.5. The lowest BCUT2D eigenvalue weighted by molar-refractivity contribution is 0.0859. The molecule has 1 aliphatic heterocycles. The van der Waals surface area contributed by atoms with E-state index in [1.165, 1.54) is 7.11 Å². The molecular formula is C23H27ClN2O5. The second-order valence-corrected chi connectivity index (χ2v) is 7.59. The molecule has 0 radical (unpaired) electrons. The van der Waals surface area contributed by atoms with E-state index in [9.17, 15) is 9.59 Å². The molecule has 0 spiro atoms. The lowest BCUT2D eigenvalue weighted by Crippen LogP contribution is -2.46. The fourth-order valence-corrected chi connectivity index (χ4v) is 3.58. The summed E-state index contributed by atoms with van der Waals surface area (Å²) < 4.78 is 16.3. The van der Waals surface area contributed by atoms with Crippen LogP contribution in [-0.4, -0.2) is 49.7 Å². The number of amides is 2. The number of hydrogen-bond acceptors (Lipinski definition) is 5. The molecular weight excluding hydrogens is 420 g/mol. The van der Waals surface area contributed by atoms with Crippen LogP contribution in [0.4, 0.5) is 4.79 Å². The molecule has 166 valence electrons. The highest BCUT2D eigenvalue weighted by molar-refractivity contribution is 6.31. The van der Waals surface area contributed by atoms with E-state index in [1.807, 2.05) is 24.3 Å². The predicted octanol–water partition coefficient (Wildman–Crippen LogP) is 4.28. The number of carbonyl (C=O) groups is 2. The summed E-state index contributed by atoms with van der Waals surface area (Å²) in [4.78, 5) is 26.2. The smallest absolute Gasteiger partial charge is 0.409 e. The molecule has 1 heterocycles. The number of methoxy groups -OCH3 is 1. The van der Waals surface area contributed by atoms with Crippen LogP contribution < -0.4 is 14.8 Å². The van der Waals surface area contributed by atoms with Crippen molar-refractivity contribution in [3.05, 3.63) is 58.6 Å². The molecule has 0 aromatic heterocycles. The van der Waals surface area contributed by atoms with E-state index in [-0.39, 0.29) is 18.0 Å². The standard InChI is InChI=1S/C23H27ClN2O5/c1-3-30-23(28)26-12-10-18(11-13-26)25-22(27)16-8-9-20(21(14-16)29-2)31-15-17-6-4-5-7-19(17)24/h4-9,14,18H,3,10-13,15H2,1-2H3,(H,25,27). The number of halogens is 1. The first kappa shape index (κ1) is 22.7. The van der Waals surface area contributed by atoms with Crippen LogP contribution in [0.5, 0.6) is 11.5 Å². The van der Waals surface area contributed by atoms with Crippen molar-refractivity contribution in [2.45, 2.75) is 32.4 Å². The molecule has 2 aromatic rings. The van der Waals surface area contributed by atoms with Crippen molar-refractivity contribution in [2.75, 3.05) is 26.8 Å². The predicted molar refractivity (Wildman–Crippen MR) is 118 cm³/mol. The third kappa shape index (κ3) is 6.04. The number of likely N-dealkylation sites (tertiary alicyclic amines) is 1. The quantitative estimate of drug-likeness (QED) is 0.687. The van der Waals surface area contributed by atoms with Crippen molar-refractivity contribution in [3.63, 3.8) is 0 Å². The molecule has 0 aliphatic carbocycles. The van der Waals surface area contributed by atoms with Gasteiger partial charge in [0.1, 0.15) is 6.61 Å². The van der Waals surface area contributed by atoms with Crippen molar-refractivity contribution >= 4 is 23.6 Å². The Morgan fingerprint density at radius 3 is 2.55 bits per heavy atom. The van der Waals surface area contributed by atoms with Gasteiger partial charge in [-0.3, -0.25) is 4.79 Å². The Morgan fingerprint density at radius 2 is 1.87 bits per heavy atom. The lowest BCUT2D eigenvalue weighted by Gasteiger charge is -2.31. The van der Waals surface area contributed by atoms with Gasteiger partial charge in [-0.05, 0) is 44.0 Å². The van der Waals surface area contributed by atoms with E-state index in [1.54, 1.807) is 30.0 Å². The topological polar surface area (TPSA) is 77.1 Å². The number of piperidine rings is 1. The first-order valence-corrected chi connectivity index (χ1v) is 10.7. The summed E-state index contributed by atoms with van der Waals surface area (Å²) >= 11 is 6.17. The molecule has 1 saturated heterocycles. The molecule has 1 fully saturated rings. The number of nitrogens with zero attached hydrogens (tertiary/aromatic N) is 1. The van der Waals surface area contributed by atoms with E-state index in [4.69, 9.17) is 25.8 Å². The van der Waals surface area contributed by atoms with Crippen LogP contribution in [-0.2, 0) is 11.3 Å². The van der Waals surface area contributed by atoms with Gasteiger partial charge in [-0.15, -0.1) is 0 Å². The minimum absolute atomic E-state index is 0.000297. The van der Waals surface area contributed by atoms with Gasteiger partial charge in [0.25, 0.3) is 5.91 Å². The minimum Gasteiger partial charge on any atom is -0.493 e. The Balaban J connectivity index is 1.57. The summed E-state index contributed by atoms with van der Waals surface area (Å²) in [6.45, 7) is 3.55. The zero-order valence-corrected chi connectivity index (χ0v) is 18.5. The molecule has 0 unspecified atom stereocenters. The summed E-state index contributed by atoms with van der Waals surface area (Å²) in [5.74, 6) is 0.809. The van der Waals surface area contributed by atoms with Gasteiger partial charge in [0, 0.05) is 35.3 Å². The molecule has 7 nitrogen and oxygen atoms in total. The van der Waals surface area contributed by atoms with Crippen LogP contribution in [0.25, 0.3) is 0 Å². The number of rotatable bonds is 7. The highest BCUT2D eigenvalue weighted by Crippen LogP contribution is 2.30. The van der Waals surface area contributed by atoms with Crippen molar-refractivity contribution in [2.24, 2.45) is 0 Å². The molecule has 2 amide bonds. The zero-order valence-electron chi connectivity index (χ0n) is 17.7. The molecule has 2 aromatic carbocycles. The molecule has 31 heavy (non-hydrogen) atoms. The zero-order chi connectivity index (χ0) is 22.2. The van der Waals surface area contributed by atoms with Crippen LogP contribution in [0.3, 0.4) is 0 Å². The highest BCUT2D eigenvalue weighted by Gasteiger charge is 2.25. The van der Waals surface area contributed by atoms with E-state index in [0.29, 0.717) is 61.2 Å². The Bertz CT molecular complexity index is 913. The van der Waals surface area contributed by atoms with E-state index in [2.05, 4.69) is 5.32 Å². The number of benzene rings is 2. The molecule has 1 aliphatic rings. The maximum absolute atomic E-state index is 12.7. The van der Waals surface area contributed by atoms with Gasteiger partial charge in [-0.2, -0.15) is 0 Å². The van der Waals surface area contributed by atoms with E-state index < -0.39 is 0 Å². The first-order valence-electron chi connectivity index (χ1n) is 10.3. The first-order chi connectivity index (χ1) is 15.0. The SMILES string of the molecule is CCOC(=O)N1CCC(NC(=O)c2ccc(OCc3ccccc3Cl)c(OC)c2)CC1. The van der Waals surface area contributed by atoms with Crippen molar-refractivity contribution in [3.8, 4) is 11.5 Å². The van der Waals surface area contributed by atoms with Crippen molar-refractivity contribution in [1.29, 1.82) is 0 Å². The molecule has 1 N–H and O–H groups in total. The van der Waals surface area contributed by atoms with Gasteiger partial charge in [0.2, 0.25) is 0 Å². The summed E-state index contributed by atoms with van der Waals surface area (Å²) in [6.07, 6.45) is 1.06. The van der Waals surface area contributed by atoms with E-state index >= 15 is 0 Å². The molecule has 3 rings (SSSR count). The van der Waals surface area contributed by atoms with Gasteiger partial charge in [0.05, 0.1) is 13.7 Å². The second-order valence-electron chi connectivity index (χ2n) is 7.18. The monoisotopic (exact) mass is 446 g/mol. The summed E-state index contributed by atoms with van der Waals surface area (Å²) in [5, 5.41) is 3.66. The summed E-state index contributed by atoms with van der Waals surface area (Å²) in [5.41, 5.74) is 1.34. The van der Waals surface area contributed by atoms with Crippen molar-refractivity contribution < 1.29 is 23.8 Å². The van der Waals surface area contributed by atoms with Gasteiger partial charge in [0.15, 0.2) is 11.5 Å². The third-order valence-corrected chi connectivity index (χ3v) is 5.49. The number of hydrogen-bond donors (Lipinski definition) is 1. The fraction of sp³-hybridized carbons (Fsp3) is 0.391. The number of nitrogens with one attached hydrogen (secondary N) is 1. The van der Waals surface area contributed by atoms with Gasteiger partial charge >= 0.3 is 6.09 Å². The number of carbonyl (C=O) groups excluding carboxylic acids is 2. The van der Waals surface area contributed by atoms with Crippen LogP contribution in [0.1, 0.15) is 35.7 Å². The second kappa shape index (κ2) is 10.9. The van der Waals surface area contributed by atoms with Crippen LogP contribution in [0.2, 0.25) is 5.02 Å². The molecule has 0 saturated carbocycles. The van der Waals surface area contributed by atoms with Crippen LogP contribution in [0, 0.1) is 0 Å². The Kier molecular flexibility index (Phi) is 8.00. The maximum atomic E-state index is 12.7. The maximum Gasteiger partial charge on any atom is 0.409 e. The van der Waals surface area contributed by atoms with E-state index in [0.717, 1.165) is 5.56 Å². The Labute approximate surface area is 187 Å². The van der Waals surface area contributed by atoms with Gasteiger partial charge in [-0.25, -0.2) is 4.79 Å². The minimum atomic E-state index is -0.301. The van der Waals surface area contributed by atoms with Gasteiger partial charge in [-0.1, -0.05) is 29.8 Å². The molecule has 0 atom stereocenters. The number of ether oxygens (including phenoxy) is 3. The van der Waals surface area contributed by atoms with Crippen LogP contribution >= 0.6 is 11.6 Å².